The molecule has 0 spiro atoms. The minimum Gasteiger partial charge on any atom is -0.326 e. The van der Waals surface area contributed by atoms with E-state index in [1.54, 1.807) is 36.4 Å². The van der Waals surface area contributed by atoms with E-state index in [-0.39, 0.29) is 4.90 Å². The molecular weight excluding hydrogens is 260 g/mol. The molecule has 0 heterocycles. The Morgan fingerprint density at radius 1 is 1.05 bits per heavy atom. The first-order chi connectivity index (χ1) is 9.03. The van der Waals surface area contributed by atoms with Gasteiger partial charge in [-0.15, -0.1) is 0 Å². The van der Waals surface area contributed by atoms with Gasteiger partial charge >= 0.3 is 0 Å². The summed E-state index contributed by atoms with van der Waals surface area (Å²) in [5, 5.41) is 0. The summed E-state index contributed by atoms with van der Waals surface area (Å²) in [4.78, 5) is 0.230. The monoisotopic (exact) mass is 276 g/mol. The van der Waals surface area contributed by atoms with Gasteiger partial charge in [-0.3, -0.25) is 4.72 Å². The summed E-state index contributed by atoms with van der Waals surface area (Å²) in [6.45, 7) is 2.25. The molecule has 5 heteroatoms. The summed E-state index contributed by atoms with van der Waals surface area (Å²) in [6, 6.07) is 13.8. The van der Waals surface area contributed by atoms with E-state index in [4.69, 9.17) is 5.73 Å². The van der Waals surface area contributed by atoms with Gasteiger partial charge in [0.2, 0.25) is 0 Å². The van der Waals surface area contributed by atoms with Crippen LogP contribution in [0.1, 0.15) is 11.1 Å². The number of hydrogen-bond acceptors (Lipinski definition) is 3. The molecule has 0 unspecified atom stereocenters. The van der Waals surface area contributed by atoms with E-state index >= 15 is 0 Å². The van der Waals surface area contributed by atoms with Crippen LogP contribution in [0.25, 0.3) is 0 Å². The van der Waals surface area contributed by atoms with E-state index in [0.717, 1.165) is 11.1 Å². The molecule has 0 fully saturated rings. The van der Waals surface area contributed by atoms with Crippen molar-refractivity contribution in [3.8, 4) is 0 Å². The standard InChI is InChI=1S/C14H16N2O2S/c1-11-4-2-3-5-14(11)16-19(17,18)13-8-6-12(10-15)7-9-13/h2-9,16H,10,15H2,1H3. The molecule has 0 saturated carbocycles. The molecule has 19 heavy (non-hydrogen) atoms. The molecule has 0 bridgehead atoms. The Hall–Kier alpha value is -1.85. The Balaban J connectivity index is 2.30. The van der Waals surface area contributed by atoms with E-state index in [2.05, 4.69) is 4.72 Å². The SMILES string of the molecule is Cc1ccccc1NS(=O)(=O)c1ccc(CN)cc1. The van der Waals surface area contributed by atoms with Crippen LogP contribution in [0.5, 0.6) is 0 Å². The van der Waals surface area contributed by atoms with Gasteiger partial charge in [0.1, 0.15) is 0 Å². The van der Waals surface area contributed by atoms with E-state index in [1.807, 2.05) is 19.1 Å². The fraction of sp³-hybridized carbons (Fsp3) is 0.143. The Morgan fingerprint density at radius 2 is 1.68 bits per heavy atom. The number of nitrogens with one attached hydrogen (secondary N) is 1. The van der Waals surface area contributed by atoms with Gasteiger partial charge in [0.05, 0.1) is 10.6 Å². The molecule has 4 nitrogen and oxygen atoms in total. The molecular formula is C14H16N2O2S. The molecule has 3 N–H and O–H groups in total. The number of para-hydroxylation sites is 1. The van der Waals surface area contributed by atoms with Crippen LogP contribution in [0.15, 0.2) is 53.4 Å². The van der Waals surface area contributed by atoms with Gasteiger partial charge in [-0.05, 0) is 36.2 Å². The first kappa shape index (κ1) is 13.6. The minimum absolute atomic E-state index is 0.230. The zero-order valence-corrected chi connectivity index (χ0v) is 11.4. The highest BCUT2D eigenvalue weighted by Crippen LogP contribution is 2.19. The first-order valence-electron chi connectivity index (χ1n) is 5.90. The van der Waals surface area contributed by atoms with Crippen LogP contribution >= 0.6 is 0 Å². The Morgan fingerprint density at radius 3 is 2.26 bits per heavy atom. The smallest absolute Gasteiger partial charge is 0.261 e. The maximum absolute atomic E-state index is 12.2. The molecule has 0 aliphatic carbocycles. The number of rotatable bonds is 4. The fourth-order valence-electron chi connectivity index (χ4n) is 1.70. The summed E-state index contributed by atoms with van der Waals surface area (Å²) in [5.41, 5.74) is 7.85. The molecule has 0 radical (unpaired) electrons. The molecule has 100 valence electrons. The van der Waals surface area contributed by atoms with Gasteiger partial charge in [-0.1, -0.05) is 30.3 Å². The first-order valence-corrected chi connectivity index (χ1v) is 7.39. The van der Waals surface area contributed by atoms with Crippen molar-refractivity contribution in [3.05, 3.63) is 59.7 Å². The highest BCUT2D eigenvalue weighted by atomic mass is 32.2. The van der Waals surface area contributed by atoms with Crippen LogP contribution < -0.4 is 10.5 Å². The predicted octanol–water partition coefficient (Wildman–Crippen LogP) is 2.25. The molecule has 0 aromatic heterocycles. The average Bonchev–Trinajstić information content (AvgIpc) is 2.41. The highest BCUT2D eigenvalue weighted by Gasteiger charge is 2.14. The third kappa shape index (κ3) is 3.13. The van der Waals surface area contributed by atoms with Gasteiger partial charge in [0.15, 0.2) is 0 Å². The van der Waals surface area contributed by atoms with Gasteiger partial charge in [0, 0.05) is 6.54 Å². The predicted molar refractivity (Wildman–Crippen MR) is 76.3 cm³/mol. The molecule has 2 rings (SSSR count). The number of benzene rings is 2. The molecule has 0 saturated heterocycles. The number of nitrogens with two attached hydrogens (primary N) is 1. The summed E-state index contributed by atoms with van der Waals surface area (Å²) in [5.74, 6) is 0. The molecule has 0 aliphatic rings. The summed E-state index contributed by atoms with van der Waals surface area (Å²) < 4.78 is 27.0. The maximum Gasteiger partial charge on any atom is 0.261 e. The highest BCUT2D eigenvalue weighted by molar-refractivity contribution is 7.92. The Bertz CT molecular complexity index is 664. The Kier molecular flexibility index (Phi) is 3.87. The third-order valence-corrected chi connectivity index (χ3v) is 4.24. The van der Waals surface area contributed by atoms with Crippen LogP contribution in [-0.4, -0.2) is 8.42 Å². The topological polar surface area (TPSA) is 72.2 Å². The van der Waals surface area contributed by atoms with Gasteiger partial charge < -0.3 is 5.73 Å². The maximum atomic E-state index is 12.2. The number of hydrogen-bond donors (Lipinski definition) is 2. The number of sulfonamides is 1. The van der Waals surface area contributed by atoms with Crippen molar-refractivity contribution in [1.82, 2.24) is 0 Å². The lowest BCUT2D eigenvalue weighted by molar-refractivity contribution is 0.601. The minimum atomic E-state index is -3.55. The largest absolute Gasteiger partial charge is 0.326 e. The average molecular weight is 276 g/mol. The molecule has 0 aliphatic heterocycles. The van der Waals surface area contributed by atoms with Gasteiger partial charge in [-0.25, -0.2) is 8.42 Å². The van der Waals surface area contributed by atoms with Crippen molar-refractivity contribution in [3.63, 3.8) is 0 Å². The summed E-state index contributed by atoms with van der Waals surface area (Å²) in [7, 11) is -3.55. The fourth-order valence-corrected chi connectivity index (χ4v) is 2.83. The Labute approximate surface area is 113 Å². The molecule has 2 aromatic carbocycles. The van der Waals surface area contributed by atoms with E-state index in [9.17, 15) is 8.42 Å². The van der Waals surface area contributed by atoms with Crippen LogP contribution in [0.2, 0.25) is 0 Å². The number of aryl methyl sites for hydroxylation is 1. The molecule has 0 amide bonds. The second-order valence-corrected chi connectivity index (χ2v) is 5.95. The van der Waals surface area contributed by atoms with Crippen molar-refractivity contribution in [1.29, 1.82) is 0 Å². The quantitative estimate of drug-likeness (QED) is 0.899. The van der Waals surface area contributed by atoms with E-state index in [1.165, 1.54) is 0 Å². The van der Waals surface area contributed by atoms with Crippen molar-refractivity contribution in [2.45, 2.75) is 18.4 Å². The van der Waals surface area contributed by atoms with Crippen LogP contribution in [0, 0.1) is 6.92 Å². The lowest BCUT2D eigenvalue weighted by Crippen LogP contribution is -2.13. The van der Waals surface area contributed by atoms with Crippen LogP contribution in [0.3, 0.4) is 0 Å². The third-order valence-electron chi connectivity index (χ3n) is 2.86. The zero-order chi connectivity index (χ0) is 13.9. The van der Waals surface area contributed by atoms with Gasteiger partial charge in [-0.2, -0.15) is 0 Å². The van der Waals surface area contributed by atoms with Crippen molar-refractivity contribution < 1.29 is 8.42 Å². The molecule has 2 aromatic rings. The van der Waals surface area contributed by atoms with Crippen molar-refractivity contribution in [2.24, 2.45) is 5.73 Å². The van der Waals surface area contributed by atoms with Crippen LogP contribution in [0.4, 0.5) is 5.69 Å². The van der Waals surface area contributed by atoms with E-state index in [0.29, 0.717) is 12.2 Å². The summed E-state index contributed by atoms with van der Waals surface area (Å²) in [6.07, 6.45) is 0. The summed E-state index contributed by atoms with van der Waals surface area (Å²) >= 11 is 0. The molecule has 0 atom stereocenters. The second kappa shape index (κ2) is 5.42. The van der Waals surface area contributed by atoms with Gasteiger partial charge in [0.25, 0.3) is 10.0 Å². The van der Waals surface area contributed by atoms with E-state index < -0.39 is 10.0 Å². The van der Waals surface area contributed by atoms with Crippen molar-refractivity contribution in [2.75, 3.05) is 4.72 Å². The lowest BCUT2D eigenvalue weighted by Gasteiger charge is -2.10. The normalized spacial score (nSPS) is 11.3. The van der Waals surface area contributed by atoms with Crippen molar-refractivity contribution >= 4 is 15.7 Å². The number of anilines is 1. The lowest BCUT2D eigenvalue weighted by atomic mass is 10.2. The second-order valence-electron chi connectivity index (χ2n) is 4.27. The van der Waals surface area contributed by atoms with Crippen LogP contribution in [-0.2, 0) is 16.6 Å². The zero-order valence-electron chi connectivity index (χ0n) is 10.6.